The van der Waals surface area contributed by atoms with Gasteiger partial charge in [0.15, 0.2) is 5.82 Å². The van der Waals surface area contributed by atoms with Crippen molar-refractivity contribution in [3.05, 3.63) is 101 Å². The number of nitrogens with one attached hydrogen (secondary N) is 2. The summed E-state index contributed by atoms with van der Waals surface area (Å²) < 4.78 is 7.72. The maximum Gasteiger partial charge on any atom is 0.240 e. The Morgan fingerprint density at radius 2 is 1.74 bits per heavy atom. The van der Waals surface area contributed by atoms with Crippen LogP contribution in [0.1, 0.15) is 28.6 Å². The van der Waals surface area contributed by atoms with Crippen LogP contribution in [0, 0.1) is 13.8 Å². The van der Waals surface area contributed by atoms with Crippen LogP contribution < -0.4 is 15.5 Å². The Kier molecular flexibility index (Phi) is 6.22. The number of amides is 1. The highest BCUT2D eigenvalue weighted by atomic mass is 32.2. The van der Waals surface area contributed by atoms with Crippen LogP contribution in [0.3, 0.4) is 0 Å². The lowest BCUT2D eigenvalue weighted by Crippen LogP contribution is -2.41. The van der Waals surface area contributed by atoms with Crippen LogP contribution in [0.2, 0.25) is 0 Å². The molecule has 5 rings (SSSR count). The third-order valence-corrected chi connectivity index (χ3v) is 6.93. The van der Waals surface area contributed by atoms with E-state index in [0.29, 0.717) is 11.0 Å². The molecule has 172 valence electrons. The predicted molar refractivity (Wildman–Crippen MR) is 134 cm³/mol. The van der Waals surface area contributed by atoms with E-state index in [1.807, 2.05) is 73.1 Å². The number of benzene rings is 3. The van der Waals surface area contributed by atoms with E-state index >= 15 is 0 Å². The number of anilines is 1. The molecular weight excluding hydrogens is 446 g/mol. The second-order valence-corrected chi connectivity index (χ2v) is 9.30. The molecule has 1 aliphatic heterocycles. The third kappa shape index (κ3) is 4.63. The van der Waals surface area contributed by atoms with Gasteiger partial charge in [0.25, 0.3) is 0 Å². The van der Waals surface area contributed by atoms with E-state index in [0.717, 1.165) is 28.1 Å². The average molecular weight is 472 g/mol. The summed E-state index contributed by atoms with van der Waals surface area (Å²) in [6, 6.07) is 25.3. The van der Waals surface area contributed by atoms with Crippen molar-refractivity contribution in [2.24, 2.45) is 0 Å². The van der Waals surface area contributed by atoms with E-state index in [2.05, 4.69) is 45.2 Å². The molecule has 0 fully saturated rings. The minimum Gasteiger partial charge on any atom is -0.486 e. The number of rotatable bonds is 6. The number of hydrogen-bond acceptors (Lipinski definition) is 6. The Balaban J connectivity index is 1.43. The van der Waals surface area contributed by atoms with Crippen molar-refractivity contribution in [2.75, 3.05) is 10.7 Å². The number of aromatic nitrogens is 3. The number of carbonyl (C=O) groups is 1. The molecule has 2 heterocycles. The molecule has 1 aliphatic rings. The van der Waals surface area contributed by atoms with E-state index in [1.54, 1.807) is 0 Å². The highest BCUT2D eigenvalue weighted by molar-refractivity contribution is 8.00. The molecule has 0 saturated carbocycles. The standard InChI is InChI=1S/C26H25N5O2S/c1-17-12-14-19(15-13-17)23-24(25(32)27-21-11-7-6-8-18(21)2)34-26-29-28-22(31(26)30-23)16-33-20-9-4-3-5-10-20/h3-15,23-24,30H,16H2,1-2H3,(H,27,32). The topological polar surface area (TPSA) is 81.1 Å². The van der Waals surface area contributed by atoms with Gasteiger partial charge >= 0.3 is 0 Å². The number of fused-ring (bicyclic) bond motifs is 1. The highest BCUT2D eigenvalue weighted by Crippen LogP contribution is 2.38. The van der Waals surface area contributed by atoms with Crippen molar-refractivity contribution in [3.8, 4) is 5.75 Å². The smallest absolute Gasteiger partial charge is 0.240 e. The molecule has 0 aliphatic carbocycles. The first-order chi connectivity index (χ1) is 16.6. The van der Waals surface area contributed by atoms with Gasteiger partial charge < -0.3 is 15.5 Å². The van der Waals surface area contributed by atoms with Crippen molar-refractivity contribution >= 4 is 23.4 Å². The van der Waals surface area contributed by atoms with Gasteiger partial charge in [-0.2, -0.15) is 0 Å². The molecule has 2 atom stereocenters. The summed E-state index contributed by atoms with van der Waals surface area (Å²) in [5, 5.41) is 11.9. The fourth-order valence-electron chi connectivity index (χ4n) is 3.80. The van der Waals surface area contributed by atoms with E-state index in [4.69, 9.17) is 4.74 Å². The summed E-state index contributed by atoms with van der Waals surface area (Å²) in [5.74, 6) is 1.31. The summed E-state index contributed by atoms with van der Waals surface area (Å²) in [6.07, 6.45) is 0. The minimum atomic E-state index is -0.443. The minimum absolute atomic E-state index is 0.0892. The molecule has 7 nitrogen and oxygen atoms in total. The number of hydrogen-bond donors (Lipinski definition) is 2. The second kappa shape index (κ2) is 9.61. The number of thioether (sulfide) groups is 1. The Bertz CT molecular complexity index is 1290. The van der Waals surface area contributed by atoms with Crippen LogP contribution in [-0.2, 0) is 11.4 Å². The van der Waals surface area contributed by atoms with Crippen LogP contribution in [0.5, 0.6) is 5.75 Å². The Labute approximate surface area is 202 Å². The molecule has 34 heavy (non-hydrogen) atoms. The van der Waals surface area contributed by atoms with Gasteiger partial charge in [-0.25, -0.2) is 4.68 Å². The van der Waals surface area contributed by atoms with Gasteiger partial charge in [0.1, 0.15) is 17.6 Å². The lowest BCUT2D eigenvalue weighted by atomic mass is 10.0. The molecule has 2 N–H and O–H groups in total. The van der Waals surface area contributed by atoms with Crippen molar-refractivity contribution in [1.82, 2.24) is 14.9 Å². The zero-order valence-corrected chi connectivity index (χ0v) is 19.8. The monoisotopic (exact) mass is 471 g/mol. The second-order valence-electron chi connectivity index (χ2n) is 8.20. The largest absolute Gasteiger partial charge is 0.486 e. The zero-order valence-electron chi connectivity index (χ0n) is 18.9. The molecule has 2 unspecified atom stereocenters. The molecule has 0 saturated heterocycles. The fraction of sp³-hybridized carbons (Fsp3) is 0.192. The number of aryl methyl sites for hydroxylation is 2. The van der Waals surface area contributed by atoms with Crippen LogP contribution >= 0.6 is 11.8 Å². The molecule has 0 radical (unpaired) electrons. The Hall–Kier alpha value is -3.78. The van der Waals surface area contributed by atoms with Crippen LogP contribution in [0.15, 0.2) is 84.0 Å². The molecule has 0 bridgehead atoms. The summed E-state index contributed by atoms with van der Waals surface area (Å²) in [5.41, 5.74) is 7.47. The quantitative estimate of drug-likeness (QED) is 0.418. The normalized spacial score (nSPS) is 16.9. The van der Waals surface area contributed by atoms with E-state index in [9.17, 15) is 4.79 Å². The van der Waals surface area contributed by atoms with Gasteiger partial charge in [-0.3, -0.25) is 4.79 Å². The average Bonchev–Trinajstić information content (AvgIpc) is 3.26. The molecule has 1 aromatic heterocycles. The summed E-state index contributed by atoms with van der Waals surface area (Å²) in [6.45, 7) is 4.28. The van der Waals surface area contributed by atoms with Gasteiger partial charge in [0.05, 0.1) is 6.04 Å². The van der Waals surface area contributed by atoms with Gasteiger partial charge in [-0.05, 0) is 43.2 Å². The SMILES string of the molecule is Cc1ccc(C2Nn3c(COc4ccccc4)nnc3SC2C(=O)Nc2ccccc2C)cc1. The number of para-hydroxylation sites is 2. The van der Waals surface area contributed by atoms with Gasteiger partial charge in [0, 0.05) is 5.69 Å². The van der Waals surface area contributed by atoms with Crippen LogP contribution in [0.25, 0.3) is 0 Å². The number of nitrogens with zero attached hydrogens (tertiary/aromatic N) is 3. The molecule has 0 spiro atoms. The van der Waals surface area contributed by atoms with E-state index in [1.165, 1.54) is 11.8 Å². The molecule has 8 heteroatoms. The van der Waals surface area contributed by atoms with Gasteiger partial charge in [-0.15, -0.1) is 10.2 Å². The van der Waals surface area contributed by atoms with Crippen molar-refractivity contribution in [1.29, 1.82) is 0 Å². The lowest BCUT2D eigenvalue weighted by molar-refractivity contribution is -0.116. The molecular formula is C26H25N5O2S. The summed E-state index contributed by atoms with van der Waals surface area (Å²) in [7, 11) is 0. The Morgan fingerprint density at radius 3 is 2.50 bits per heavy atom. The van der Waals surface area contributed by atoms with Crippen molar-refractivity contribution < 1.29 is 9.53 Å². The van der Waals surface area contributed by atoms with Gasteiger partial charge in [-0.1, -0.05) is 78.0 Å². The van der Waals surface area contributed by atoms with Crippen molar-refractivity contribution in [2.45, 2.75) is 36.9 Å². The van der Waals surface area contributed by atoms with E-state index in [-0.39, 0.29) is 18.6 Å². The van der Waals surface area contributed by atoms with Crippen molar-refractivity contribution in [3.63, 3.8) is 0 Å². The van der Waals surface area contributed by atoms with Crippen LogP contribution in [-0.4, -0.2) is 26.0 Å². The third-order valence-electron chi connectivity index (χ3n) is 5.71. The number of ether oxygens (including phenoxy) is 1. The zero-order chi connectivity index (χ0) is 23.5. The first-order valence-electron chi connectivity index (χ1n) is 11.1. The first kappa shape index (κ1) is 22.0. The summed E-state index contributed by atoms with van der Waals surface area (Å²) >= 11 is 1.40. The summed E-state index contributed by atoms with van der Waals surface area (Å²) in [4.78, 5) is 13.4. The molecule has 4 aromatic rings. The number of carbonyl (C=O) groups excluding carboxylic acids is 1. The highest BCUT2D eigenvalue weighted by Gasteiger charge is 2.38. The van der Waals surface area contributed by atoms with Crippen LogP contribution in [0.4, 0.5) is 5.69 Å². The molecule has 1 amide bonds. The Morgan fingerprint density at radius 1 is 1.00 bits per heavy atom. The maximum absolute atomic E-state index is 13.4. The molecule has 3 aromatic carbocycles. The van der Waals surface area contributed by atoms with E-state index < -0.39 is 5.25 Å². The predicted octanol–water partition coefficient (Wildman–Crippen LogP) is 4.87. The van der Waals surface area contributed by atoms with Gasteiger partial charge in [0.2, 0.25) is 11.1 Å². The maximum atomic E-state index is 13.4. The fourth-order valence-corrected chi connectivity index (χ4v) is 4.90. The first-order valence-corrected chi connectivity index (χ1v) is 11.9. The lowest BCUT2D eigenvalue weighted by Gasteiger charge is -2.33.